The summed E-state index contributed by atoms with van der Waals surface area (Å²) in [5.74, 6) is -0.101. The van der Waals surface area contributed by atoms with Gasteiger partial charge in [-0.2, -0.15) is 0 Å². The molecule has 0 aliphatic carbocycles. The maximum absolute atomic E-state index is 13.2. The van der Waals surface area contributed by atoms with Gasteiger partial charge in [-0.3, -0.25) is 10.1 Å². The molecule has 3 N–H and O–H groups in total. The molecule has 2 atom stereocenters. The third-order valence-electron chi connectivity index (χ3n) is 7.04. The molecule has 1 aromatic carbocycles. The fourth-order valence-corrected chi connectivity index (χ4v) is 5.26. The number of ether oxygens (including phenoxy) is 1. The van der Waals surface area contributed by atoms with Gasteiger partial charge in [0.1, 0.15) is 5.75 Å². The van der Waals surface area contributed by atoms with Gasteiger partial charge in [0.2, 0.25) is 0 Å². The normalized spacial score (nSPS) is 22.7. The third kappa shape index (κ3) is 4.71. The first-order chi connectivity index (χ1) is 16.1. The number of amides is 2. The van der Waals surface area contributed by atoms with Gasteiger partial charge in [0.05, 0.1) is 25.2 Å². The number of carbonyl (C=O) groups excluding carboxylic acids is 1. The molecule has 2 amide bonds. The molecule has 8 heteroatoms. The minimum Gasteiger partial charge on any atom is -0.493 e. The van der Waals surface area contributed by atoms with Crippen molar-refractivity contribution in [2.24, 2.45) is 0 Å². The molecule has 4 aliphatic heterocycles. The number of allylic oxidation sites excluding steroid dienone is 3. The lowest BCUT2D eigenvalue weighted by Crippen LogP contribution is -2.47. The van der Waals surface area contributed by atoms with Gasteiger partial charge in [0.15, 0.2) is 0 Å². The molecule has 2 saturated heterocycles. The summed E-state index contributed by atoms with van der Waals surface area (Å²) >= 11 is 0. The Hall–Kier alpha value is -3.00. The second-order valence-electron chi connectivity index (χ2n) is 9.21. The summed E-state index contributed by atoms with van der Waals surface area (Å²) in [4.78, 5) is 28.3. The number of benzene rings is 1. The first kappa shape index (κ1) is 21.8. The highest BCUT2D eigenvalue weighted by Crippen LogP contribution is 2.34. The maximum Gasteiger partial charge on any atom is 0.320 e. The van der Waals surface area contributed by atoms with Crippen LogP contribution in [-0.2, 0) is 11.2 Å². The van der Waals surface area contributed by atoms with Gasteiger partial charge >= 0.3 is 12.0 Å². The molecule has 176 valence electrons. The molecule has 4 heterocycles. The number of rotatable bonds is 8. The standard InChI is InChI=1S/C25H32N4O4/c30-23(31)16-21(19-6-5-17-9-14-33-22(17)15-19)29-13-12-28(25(29)32)11-2-4-20-8-7-18-3-1-10-26-24(18)27-20/h5-8,15,21,24,26-27H,1-4,9-14,16H2,(H,30,31). The van der Waals surface area contributed by atoms with Gasteiger partial charge < -0.3 is 25.0 Å². The Morgan fingerprint density at radius 1 is 1.24 bits per heavy atom. The minimum absolute atomic E-state index is 0.0793. The average Bonchev–Trinajstić information content (AvgIpc) is 3.43. The van der Waals surface area contributed by atoms with E-state index in [1.807, 2.05) is 23.1 Å². The minimum atomic E-state index is -0.910. The van der Waals surface area contributed by atoms with Crippen LogP contribution in [-0.4, -0.2) is 65.9 Å². The van der Waals surface area contributed by atoms with Crippen LogP contribution in [0.5, 0.6) is 5.75 Å². The number of aliphatic carboxylic acids is 1. The molecule has 0 spiro atoms. The van der Waals surface area contributed by atoms with Crippen molar-refractivity contribution in [1.29, 1.82) is 0 Å². The van der Waals surface area contributed by atoms with E-state index >= 15 is 0 Å². The number of fused-ring (bicyclic) bond motifs is 2. The lowest BCUT2D eigenvalue weighted by Gasteiger charge is -2.32. The predicted molar refractivity (Wildman–Crippen MR) is 124 cm³/mol. The van der Waals surface area contributed by atoms with Gasteiger partial charge in [-0.15, -0.1) is 0 Å². The molecule has 4 aliphatic rings. The zero-order valence-electron chi connectivity index (χ0n) is 18.9. The van der Waals surface area contributed by atoms with E-state index in [9.17, 15) is 14.7 Å². The molecule has 8 nitrogen and oxygen atoms in total. The van der Waals surface area contributed by atoms with Crippen LogP contribution in [0.1, 0.15) is 49.3 Å². The average molecular weight is 453 g/mol. The van der Waals surface area contributed by atoms with Crippen LogP contribution >= 0.6 is 0 Å². The molecule has 2 unspecified atom stereocenters. The van der Waals surface area contributed by atoms with Gasteiger partial charge in [-0.1, -0.05) is 18.2 Å². The Kier molecular flexibility index (Phi) is 6.26. The van der Waals surface area contributed by atoms with Gasteiger partial charge in [-0.05, 0) is 61.1 Å². The van der Waals surface area contributed by atoms with E-state index in [1.54, 1.807) is 4.90 Å². The number of carboxylic acids is 1. The Labute approximate surface area is 194 Å². The van der Waals surface area contributed by atoms with Crippen molar-refractivity contribution >= 4 is 12.0 Å². The molecule has 0 aromatic heterocycles. The molecule has 2 fully saturated rings. The zero-order valence-corrected chi connectivity index (χ0v) is 18.9. The van der Waals surface area contributed by atoms with E-state index in [0.717, 1.165) is 49.1 Å². The number of nitrogens with one attached hydrogen (secondary N) is 2. The van der Waals surface area contributed by atoms with Gasteiger partial charge in [-0.25, -0.2) is 4.79 Å². The molecule has 0 saturated carbocycles. The van der Waals surface area contributed by atoms with Crippen molar-refractivity contribution in [2.75, 3.05) is 32.8 Å². The van der Waals surface area contributed by atoms with Crippen molar-refractivity contribution in [3.8, 4) is 5.75 Å². The number of carbonyl (C=O) groups is 2. The number of nitrogens with zero attached hydrogens (tertiary/aromatic N) is 2. The molecule has 0 radical (unpaired) electrons. The Bertz CT molecular complexity index is 989. The van der Waals surface area contributed by atoms with Crippen molar-refractivity contribution in [3.05, 3.63) is 52.7 Å². The summed E-state index contributed by atoms with van der Waals surface area (Å²) in [6, 6.07) is 5.28. The fourth-order valence-electron chi connectivity index (χ4n) is 5.26. The number of dihydropyridines is 1. The summed E-state index contributed by atoms with van der Waals surface area (Å²) < 4.78 is 5.67. The van der Waals surface area contributed by atoms with E-state index < -0.39 is 12.0 Å². The van der Waals surface area contributed by atoms with E-state index in [0.29, 0.717) is 26.2 Å². The summed E-state index contributed by atoms with van der Waals surface area (Å²) in [6.07, 6.45) is 9.46. The molecular weight excluding hydrogens is 420 g/mol. The van der Waals surface area contributed by atoms with Gasteiger partial charge in [0.25, 0.3) is 0 Å². The van der Waals surface area contributed by atoms with Crippen LogP contribution in [0.15, 0.2) is 41.6 Å². The largest absolute Gasteiger partial charge is 0.493 e. The van der Waals surface area contributed by atoms with Crippen LogP contribution in [0, 0.1) is 0 Å². The van der Waals surface area contributed by atoms with Crippen LogP contribution in [0.4, 0.5) is 4.79 Å². The molecule has 5 rings (SSSR count). The number of carboxylic acid groups (broad SMARTS) is 1. The second-order valence-corrected chi connectivity index (χ2v) is 9.21. The van der Waals surface area contributed by atoms with Crippen molar-refractivity contribution in [1.82, 2.24) is 20.4 Å². The molecule has 1 aromatic rings. The highest BCUT2D eigenvalue weighted by Gasteiger charge is 2.36. The van der Waals surface area contributed by atoms with Crippen molar-refractivity contribution in [2.45, 2.75) is 50.7 Å². The van der Waals surface area contributed by atoms with E-state index in [-0.39, 0.29) is 18.6 Å². The maximum atomic E-state index is 13.2. The SMILES string of the molecule is O=C(O)CC(c1ccc2c(c1)OCC2)N1CCN(CCCC2=CC=C3CCCNC3N2)C1=O. The predicted octanol–water partition coefficient (Wildman–Crippen LogP) is 2.78. The Balaban J connectivity index is 1.20. The summed E-state index contributed by atoms with van der Waals surface area (Å²) in [5, 5.41) is 16.6. The van der Waals surface area contributed by atoms with Gasteiger partial charge in [0, 0.05) is 31.8 Å². The monoisotopic (exact) mass is 452 g/mol. The smallest absolute Gasteiger partial charge is 0.320 e. The highest BCUT2D eigenvalue weighted by atomic mass is 16.5. The first-order valence-corrected chi connectivity index (χ1v) is 12.0. The third-order valence-corrected chi connectivity index (χ3v) is 7.04. The van der Waals surface area contributed by atoms with Crippen LogP contribution in [0.25, 0.3) is 0 Å². The number of piperidine rings is 1. The van der Waals surface area contributed by atoms with E-state index in [1.165, 1.54) is 17.7 Å². The zero-order chi connectivity index (χ0) is 22.8. The van der Waals surface area contributed by atoms with Crippen LogP contribution < -0.4 is 15.4 Å². The first-order valence-electron chi connectivity index (χ1n) is 12.0. The number of hydrogen-bond acceptors (Lipinski definition) is 5. The Morgan fingerprint density at radius 3 is 3.03 bits per heavy atom. The summed E-state index contributed by atoms with van der Waals surface area (Å²) in [7, 11) is 0. The van der Waals surface area contributed by atoms with Crippen LogP contribution in [0.3, 0.4) is 0 Å². The van der Waals surface area contributed by atoms with Crippen molar-refractivity contribution in [3.63, 3.8) is 0 Å². The number of urea groups is 1. The quantitative estimate of drug-likeness (QED) is 0.562. The summed E-state index contributed by atoms with van der Waals surface area (Å²) in [5.41, 5.74) is 4.57. The summed E-state index contributed by atoms with van der Waals surface area (Å²) in [6.45, 7) is 3.51. The highest BCUT2D eigenvalue weighted by molar-refractivity contribution is 5.78. The lowest BCUT2D eigenvalue weighted by molar-refractivity contribution is -0.138. The number of hydrogen-bond donors (Lipinski definition) is 3. The van der Waals surface area contributed by atoms with Crippen LogP contribution in [0.2, 0.25) is 0 Å². The Morgan fingerprint density at radius 2 is 2.15 bits per heavy atom. The second kappa shape index (κ2) is 9.47. The topological polar surface area (TPSA) is 94.1 Å². The fraction of sp³-hybridized carbons (Fsp3) is 0.520. The van der Waals surface area contributed by atoms with E-state index in [2.05, 4.69) is 22.8 Å². The molecule has 0 bridgehead atoms. The molecular formula is C25H32N4O4. The van der Waals surface area contributed by atoms with E-state index in [4.69, 9.17) is 4.74 Å². The lowest BCUT2D eigenvalue weighted by atomic mass is 9.99. The molecule has 33 heavy (non-hydrogen) atoms. The van der Waals surface area contributed by atoms with Crippen molar-refractivity contribution < 1.29 is 19.4 Å².